The summed E-state index contributed by atoms with van der Waals surface area (Å²) in [7, 11) is 1.58. The number of nitrogens with one attached hydrogen (secondary N) is 1. The molecule has 0 radical (unpaired) electrons. The second-order valence-corrected chi connectivity index (χ2v) is 8.54. The highest BCUT2D eigenvalue weighted by Gasteiger charge is 2.25. The van der Waals surface area contributed by atoms with Crippen LogP contribution >= 0.6 is 22.7 Å². The number of carbonyl (C=O) groups excluding carboxylic acids is 1. The van der Waals surface area contributed by atoms with Crippen LogP contribution in [0.4, 0.5) is 10.8 Å². The zero-order chi connectivity index (χ0) is 20.0. The lowest BCUT2D eigenvalue weighted by molar-refractivity contribution is 0.102. The molecule has 1 N–H and O–H groups in total. The van der Waals surface area contributed by atoms with E-state index in [-0.39, 0.29) is 5.91 Å². The number of morpholine rings is 1. The highest BCUT2D eigenvalue weighted by molar-refractivity contribution is 7.30. The van der Waals surface area contributed by atoms with Crippen molar-refractivity contribution in [1.29, 1.82) is 0 Å². The maximum Gasteiger partial charge on any atom is 0.269 e. The molecule has 150 valence electrons. The lowest BCUT2D eigenvalue weighted by Crippen LogP contribution is -2.36. The maximum atomic E-state index is 12.9. The van der Waals surface area contributed by atoms with Crippen LogP contribution in [0, 0.1) is 6.92 Å². The third-order valence-corrected chi connectivity index (χ3v) is 6.95. The molecule has 0 aliphatic carbocycles. The summed E-state index contributed by atoms with van der Waals surface area (Å²) in [6.07, 6.45) is 0. The van der Waals surface area contributed by atoms with Crippen molar-refractivity contribution in [3.05, 3.63) is 29.0 Å². The van der Waals surface area contributed by atoms with E-state index in [4.69, 9.17) is 18.9 Å². The molecule has 1 aliphatic rings. The van der Waals surface area contributed by atoms with Crippen molar-refractivity contribution in [1.82, 2.24) is 9.97 Å². The topological polar surface area (TPSA) is 89.7 Å². The van der Waals surface area contributed by atoms with Gasteiger partial charge in [0.15, 0.2) is 22.4 Å². The molecule has 1 aliphatic heterocycles. The van der Waals surface area contributed by atoms with Crippen LogP contribution in [0.1, 0.15) is 15.6 Å². The van der Waals surface area contributed by atoms with Gasteiger partial charge in [0.05, 0.1) is 20.3 Å². The third kappa shape index (κ3) is 3.33. The minimum Gasteiger partial charge on any atom is -0.493 e. The molecule has 29 heavy (non-hydrogen) atoms. The van der Waals surface area contributed by atoms with Gasteiger partial charge in [0, 0.05) is 25.7 Å². The minimum atomic E-state index is -0.232. The van der Waals surface area contributed by atoms with E-state index in [2.05, 4.69) is 15.2 Å². The second-order valence-electron chi connectivity index (χ2n) is 6.56. The molecule has 1 amide bonds. The van der Waals surface area contributed by atoms with Gasteiger partial charge in [-0.3, -0.25) is 4.79 Å². The fraction of sp³-hybridized carbons (Fsp3) is 0.316. The molecule has 4 aromatic rings. The lowest BCUT2D eigenvalue weighted by Gasteiger charge is -2.25. The van der Waals surface area contributed by atoms with Crippen LogP contribution in [0.25, 0.3) is 20.6 Å². The van der Waals surface area contributed by atoms with Gasteiger partial charge in [0.1, 0.15) is 19.9 Å². The first-order valence-electron chi connectivity index (χ1n) is 9.11. The summed E-state index contributed by atoms with van der Waals surface area (Å²) in [5.41, 5.74) is 2.04. The molecule has 1 aromatic carbocycles. The van der Waals surface area contributed by atoms with E-state index in [1.807, 2.05) is 0 Å². The fourth-order valence-corrected chi connectivity index (χ4v) is 5.63. The van der Waals surface area contributed by atoms with Gasteiger partial charge in [-0.2, -0.15) is 0 Å². The number of anilines is 2. The van der Waals surface area contributed by atoms with Gasteiger partial charge in [-0.25, -0.2) is 9.97 Å². The van der Waals surface area contributed by atoms with Crippen LogP contribution in [0.15, 0.2) is 22.6 Å². The van der Waals surface area contributed by atoms with Gasteiger partial charge in [0.25, 0.3) is 5.91 Å². The Kier molecular flexibility index (Phi) is 4.61. The molecule has 0 atom stereocenters. The molecular weight excluding hydrogens is 412 g/mol. The summed E-state index contributed by atoms with van der Waals surface area (Å²) in [4.78, 5) is 25.5. The van der Waals surface area contributed by atoms with Gasteiger partial charge < -0.3 is 24.1 Å². The number of rotatable bonds is 4. The number of thiophene rings is 1. The van der Waals surface area contributed by atoms with E-state index in [0.29, 0.717) is 46.5 Å². The van der Waals surface area contributed by atoms with E-state index in [1.54, 1.807) is 43.6 Å². The Labute approximate surface area is 174 Å². The van der Waals surface area contributed by atoms with Crippen molar-refractivity contribution in [2.24, 2.45) is 0 Å². The van der Waals surface area contributed by atoms with Gasteiger partial charge in [-0.15, -0.1) is 11.3 Å². The van der Waals surface area contributed by atoms with Crippen LogP contribution in [0.2, 0.25) is 0 Å². The Morgan fingerprint density at radius 3 is 2.86 bits per heavy atom. The predicted octanol–water partition coefficient (Wildman–Crippen LogP) is 3.90. The number of methoxy groups -OCH3 is 1. The Bertz CT molecular complexity index is 1210. The van der Waals surface area contributed by atoms with E-state index in [0.717, 1.165) is 27.8 Å². The molecule has 0 bridgehead atoms. The van der Waals surface area contributed by atoms with Crippen molar-refractivity contribution in [2.75, 3.05) is 43.6 Å². The number of aryl methyl sites for hydroxylation is 1. The first-order chi connectivity index (χ1) is 14.1. The van der Waals surface area contributed by atoms with E-state index in [9.17, 15) is 4.79 Å². The van der Waals surface area contributed by atoms with E-state index < -0.39 is 0 Å². The number of ether oxygens (including phenoxy) is 2. The smallest absolute Gasteiger partial charge is 0.269 e. The summed E-state index contributed by atoms with van der Waals surface area (Å²) < 4.78 is 17.4. The van der Waals surface area contributed by atoms with Crippen molar-refractivity contribution in [3.8, 4) is 5.75 Å². The summed E-state index contributed by atoms with van der Waals surface area (Å²) in [5, 5.41) is 3.86. The lowest BCUT2D eigenvalue weighted by atomic mass is 10.3. The van der Waals surface area contributed by atoms with E-state index in [1.165, 1.54) is 11.3 Å². The van der Waals surface area contributed by atoms with Crippen LogP contribution < -0.4 is 15.0 Å². The normalized spacial score (nSPS) is 14.6. The molecule has 0 saturated carbocycles. The number of thiazole rings is 1. The number of amides is 1. The standard InChI is InChI=1S/C19H18N4O4S2/c1-10-20-12-9-11(3-4-13(12)27-10)21-17(24)15-14(25-2)16-18(28-15)22-19(29-16)23-5-7-26-8-6-23/h3-4,9H,5-8H2,1-2H3,(H,21,24). The average Bonchev–Trinajstić information content (AvgIpc) is 3.39. The maximum absolute atomic E-state index is 12.9. The molecule has 0 unspecified atom stereocenters. The fourth-order valence-electron chi connectivity index (χ4n) is 3.29. The number of oxazole rings is 1. The number of nitrogens with zero attached hydrogens (tertiary/aromatic N) is 3. The Morgan fingerprint density at radius 2 is 2.07 bits per heavy atom. The van der Waals surface area contributed by atoms with Crippen LogP contribution in [-0.4, -0.2) is 49.3 Å². The van der Waals surface area contributed by atoms with Crippen molar-refractivity contribution < 1.29 is 18.7 Å². The quantitative estimate of drug-likeness (QED) is 0.525. The van der Waals surface area contributed by atoms with Crippen molar-refractivity contribution >= 4 is 60.0 Å². The number of carbonyl (C=O) groups is 1. The molecule has 0 spiro atoms. The first-order valence-corrected chi connectivity index (χ1v) is 10.7. The highest BCUT2D eigenvalue weighted by Crippen LogP contribution is 2.43. The Morgan fingerprint density at radius 1 is 1.24 bits per heavy atom. The molecule has 1 saturated heterocycles. The molecule has 4 heterocycles. The van der Waals surface area contributed by atoms with E-state index >= 15 is 0 Å². The summed E-state index contributed by atoms with van der Waals surface area (Å²) in [6.45, 7) is 4.83. The van der Waals surface area contributed by atoms with Crippen molar-refractivity contribution in [2.45, 2.75) is 6.92 Å². The molecule has 8 nitrogen and oxygen atoms in total. The first kappa shape index (κ1) is 18.3. The van der Waals surface area contributed by atoms with Crippen LogP contribution in [-0.2, 0) is 4.74 Å². The monoisotopic (exact) mass is 430 g/mol. The van der Waals surface area contributed by atoms with Crippen LogP contribution in [0.3, 0.4) is 0 Å². The Hall–Kier alpha value is -2.69. The third-order valence-electron chi connectivity index (χ3n) is 4.64. The predicted molar refractivity (Wildman–Crippen MR) is 114 cm³/mol. The minimum absolute atomic E-state index is 0.232. The average molecular weight is 431 g/mol. The number of benzene rings is 1. The number of aromatic nitrogens is 2. The van der Waals surface area contributed by atoms with Crippen LogP contribution in [0.5, 0.6) is 5.75 Å². The van der Waals surface area contributed by atoms with Gasteiger partial charge in [-0.05, 0) is 18.2 Å². The zero-order valence-corrected chi connectivity index (χ0v) is 17.5. The summed E-state index contributed by atoms with van der Waals surface area (Å²) in [5.74, 6) is 0.924. The Balaban J connectivity index is 1.43. The van der Waals surface area contributed by atoms with Gasteiger partial charge >= 0.3 is 0 Å². The summed E-state index contributed by atoms with van der Waals surface area (Å²) >= 11 is 2.89. The molecule has 5 rings (SSSR count). The largest absolute Gasteiger partial charge is 0.493 e. The number of fused-ring (bicyclic) bond motifs is 2. The molecular formula is C19H18N4O4S2. The summed E-state index contributed by atoms with van der Waals surface area (Å²) in [6, 6.07) is 5.38. The van der Waals surface area contributed by atoms with Gasteiger partial charge in [-0.1, -0.05) is 11.3 Å². The molecule has 10 heteroatoms. The number of hydrogen-bond acceptors (Lipinski definition) is 9. The molecule has 1 fully saturated rings. The van der Waals surface area contributed by atoms with Crippen molar-refractivity contribution in [3.63, 3.8) is 0 Å². The second kappa shape index (κ2) is 7.29. The zero-order valence-electron chi connectivity index (χ0n) is 15.9. The number of hydrogen-bond donors (Lipinski definition) is 1. The van der Waals surface area contributed by atoms with Gasteiger partial charge in [0.2, 0.25) is 0 Å². The highest BCUT2D eigenvalue weighted by atomic mass is 32.1. The SMILES string of the molecule is COc1c(C(=O)Nc2ccc3oc(C)nc3c2)sc2nc(N3CCOCC3)sc12. The molecule has 3 aromatic heterocycles.